The summed E-state index contributed by atoms with van der Waals surface area (Å²) in [5.41, 5.74) is 0.696. The van der Waals surface area contributed by atoms with Crippen molar-refractivity contribution in [2.75, 3.05) is 13.2 Å². The van der Waals surface area contributed by atoms with Gasteiger partial charge in [-0.1, -0.05) is 12.1 Å². The van der Waals surface area contributed by atoms with Crippen molar-refractivity contribution >= 4 is 5.91 Å². The largest absolute Gasteiger partial charge is 0.481 e. The minimum absolute atomic E-state index is 0.322. The van der Waals surface area contributed by atoms with Crippen LogP contribution in [0.25, 0.3) is 0 Å². The van der Waals surface area contributed by atoms with E-state index < -0.39 is 42.6 Å². The Balaban J connectivity index is 2.09. The molecule has 0 atom stereocenters. The van der Waals surface area contributed by atoms with Crippen molar-refractivity contribution in [2.24, 2.45) is 0 Å². The van der Waals surface area contributed by atoms with Crippen molar-refractivity contribution in [3.8, 4) is 11.8 Å². The second-order valence-corrected chi connectivity index (χ2v) is 5.54. The quantitative estimate of drug-likeness (QED) is 0.712. The Morgan fingerprint density at radius 1 is 1.11 bits per heavy atom. The highest BCUT2D eigenvalue weighted by atomic mass is 19.4. The minimum Gasteiger partial charge on any atom is -0.481 e. The van der Waals surface area contributed by atoms with Crippen LogP contribution in [0.3, 0.4) is 0 Å². The molecule has 0 saturated heterocycles. The Kier molecular flexibility index (Phi) is 6.34. The zero-order valence-corrected chi connectivity index (χ0v) is 13.8. The molecule has 0 radical (unpaired) electrons. The van der Waals surface area contributed by atoms with Crippen LogP contribution in [0.1, 0.15) is 11.1 Å². The Morgan fingerprint density at radius 2 is 1.78 bits per heavy atom. The van der Waals surface area contributed by atoms with E-state index in [1.165, 1.54) is 24.3 Å². The van der Waals surface area contributed by atoms with Gasteiger partial charge in [-0.05, 0) is 29.8 Å². The third-order valence-electron chi connectivity index (χ3n) is 3.42. The number of amides is 1. The molecule has 0 N–H and O–H groups in total. The number of halogens is 5. The van der Waals surface area contributed by atoms with Crippen LogP contribution in [0.15, 0.2) is 42.5 Å². The first-order valence-electron chi connectivity index (χ1n) is 7.59. The zero-order valence-electron chi connectivity index (χ0n) is 13.8. The standard InChI is InChI=1S/C18H13F5N2O2/c19-14-5-6-16(15(20)7-14)27-10-17(26)25(11-18(21,22)23)9-13-3-1-12(8-24)2-4-13/h1-7H,9-11H2. The SMILES string of the molecule is N#Cc1ccc(CN(CC(F)(F)F)C(=O)COc2ccc(F)cc2F)cc1. The van der Waals surface area contributed by atoms with Gasteiger partial charge in [0.25, 0.3) is 5.91 Å². The second kappa shape index (κ2) is 8.49. The monoisotopic (exact) mass is 384 g/mol. The van der Waals surface area contributed by atoms with Crippen molar-refractivity contribution in [1.82, 2.24) is 4.90 Å². The van der Waals surface area contributed by atoms with Gasteiger partial charge in [-0.3, -0.25) is 4.79 Å². The molecule has 0 spiro atoms. The summed E-state index contributed by atoms with van der Waals surface area (Å²) < 4.78 is 69.6. The van der Waals surface area contributed by atoms with Crippen LogP contribution < -0.4 is 4.74 Å². The molecule has 0 aliphatic heterocycles. The van der Waals surface area contributed by atoms with Gasteiger partial charge >= 0.3 is 6.18 Å². The summed E-state index contributed by atoms with van der Waals surface area (Å²) in [6.07, 6.45) is -4.65. The summed E-state index contributed by atoms with van der Waals surface area (Å²) in [5.74, 6) is -3.40. The van der Waals surface area contributed by atoms with Crippen LogP contribution in [-0.2, 0) is 11.3 Å². The highest BCUT2D eigenvalue weighted by molar-refractivity contribution is 5.77. The summed E-state index contributed by atoms with van der Waals surface area (Å²) in [6.45, 7) is -2.75. The lowest BCUT2D eigenvalue weighted by atomic mass is 10.1. The van der Waals surface area contributed by atoms with Crippen LogP contribution in [0.4, 0.5) is 22.0 Å². The zero-order chi connectivity index (χ0) is 20.0. The van der Waals surface area contributed by atoms with Gasteiger partial charge < -0.3 is 9.64 Å². The fourth-order valence-corrected chi connectivity index (χ4v) is 2.18. The number of ether oxygens (including phenoxy) is 1. The van der Waals surface area contributed by atoms with Gasteiger partial charge in [0.1, 0.15) is 12.4 Å². The van der Waals surface area contributed by atoms with E-state index in [2.05, 4.69) is 0 Å². The fourth-order valence-electron chi connectivity index (χ4n) is 2.18. The fraction of sp³-hybridized carbons (Fsp3) is 0.222. The number of benzene rings is 2. The molecular weight excluding hydrogens is 371 g/mol. The van der Waals surface area contributed by atoms with Crippen LogP contribution >= 0.6 is 0 Å². The molecule has 0 aliphatic carbocycles. The van der Waals surface area contributed by atoms with E-state index in [9.17, 15) is 26.7 Å². The van der Waals surface area contributed by atoms with Gasteiger partial charge in [-0.15, -0.1) is 0 Å². The molecule has 2 aromatic rings. The lowest BCUT2D eigenvalue weighted by Gasteiger charge is -2.24. The van der Waals surface area contributed by atoms with Crippen LogP contribution in [0, 0.1) is 23.0 Å². The number of carbonyl (C=O) groups excluding carboxylic acids is 1. The highest BCUT2D eigenvalue weighted by Crippen LogP contribution is 2.20. The molecule has 0 aliphatic rings. The van der Waals surface area contributed by atoms with Crippen LogP contribution in [0.5, 0.6) is 5.75 Å². The van der Waals surface area contributed by atoms with Crippen molar-refractivity contribution < 1.29 is 31.5 Å². The number of alkyl halides is 3. The van der Waals surface area contributed by atoms with E-state index in [0.29, 0.717) is 22.1 Å². The molecule has 4 nitrogen and oxygen atoms in total. The number of nitriles is 1. The van der Waals surface area contributed by atoms with Crippen molar-refractivity contribution in [2.45, 2.75) is 12.7 Å². The van der Waals surface area contributed by atoms with Gasteiger partial charge in [0.2, 0.25) is 0 Å². The Morgan fingerprint density at radius 3 is 2.33 bits per heavy atom. The predicted octanol–water partition coefficient (Wildman–Crippen LogP) is 3.81. The molecule has 0 aromatic heterocycles. The first-order chi connectivity index (χ1) is 12.7. The Hall–Kier alpha value is -3.15. The molecule has 0 unspecified atom stereocenters. The topological polar surface area (TPSA) is 53.3 Å². The van der Waals surface area contributed by atoms with Gasteiger partial charge in [0.15, 0.2) is 18.2 Å². The molecule has 27 heavy (non-hydrogen) atoms. The molecule has 0 fully saturated rings. The van der Waals surface area contributed by atoms with Crippen molar-refractivity contribution in [1.29, 1.82) is 5.26 Å². The van der Waals surface area contributed by atoms with Crippen molar-refractivity contribution in [3.63, 3.8) is 0 Å². The van der Waals surface area contributed by atoms with E-state index in [1.807, 2.05) is 6.07 Å². The second-order valence-electron chi connectivity index (χ2n) is 5.54. The lowest BCUT2D eigenvalue weighted by Crippen LogP contribution is -2.41. The normalized spacial score (nSPS) is 11.0. The van der Waals surface area contributed by atoms with E-state index in [-0.39, 0.29) is 6.54 Å². The third kappa shape index (κ3) is 6.26. The first kappa shape index (κ1) is 20.2. The summed E-state index contributed by atoms with van der Waals surface area (Å²) in [5, 5.41) is 8.74. The van der Waals surface area contributed by atoms with E-state index in [1.54, 1.807) is 0 Å². The number of carbonyl (C=O) groups is 1. The summed E-state index contributed by atoms with van der Waals surface area (Å²) in [6, 6.07) is 9.92. The average molecular weight is 384 g/mol. The smallest absolute Gasteiger partial charge is 0.406 e. The maximum atomic E-state index is 13.5. The first-order valence-corrected chi connectivity index (χ1v) is 7.59. The highest BCUT2D eigenvalue weighted by Gasteiger charge is 2.33. The van der Waals surface area contributed by atoms with E-state index in [4.69, 9.17) is 10.00 Å². The average Bonchev–Trinajstić information content (AvgIpc) is 2.59. The molecule has 9 heteroatoms. The number of hydrogen-bond acceptors (Lipinski definition) is 3. The summed E-state index contributed by atoms with van der Waals surface area (Å²) in [4.78, 5) is 12.7. The summed E-state index contributed by atoms with van der Waals surface area (Å²) in [7, 11) is 0. The van der Waals surface area contributed by atoms with E-state index in [0.717, 1.165) is 12.1 Å². The maximum Gasteiger partial charge on any atom is 0.406 e. The Bertz CT molecular complexity index is 844. The van der Waals surface area contributed by atoms with Gasteiger partial charge in [-0.25, -0.2) is 8.78 Å². The van der Waals surface area contributed by atoms with Gasteiger partial charge in [0.05, 0.1) is 11.6 Å². The molecule has 2 aromatic carbocycles. The number of rotatable bonds is 6. The lowest BCUT2D eigenvalue weighted by molar-refractivity contribution is -0.163. The maximum absolute atomic E-state index is 13.5. The molecule has 1 amide bonds. The molecule has 0 heterocycles. The van der Waals surface area contributed by atoms with Crippen LogP contribution in [-0.4, -0.2) is 30.1 Å². The number of hydrogen-bond donors (Lipinski definition) is 0. The van der Waals surface area contributed by atoms with Crippen LogP contribution in [0.2, 0.25) is 0 Å². The third-order valence-corrected chi connectivity index (χ3v) is 3.42. The molecule has 2 rings (SSSR count). The van der Waals surface area contributed by atoms with Crippen molar-refractivity contribution in [3.05, 3.63) is 65.2 Å². The van der Waals surface area contributed by atoms with Gasteiger partial charge in [0, 0.05) is 12.6 Å². The Labute approximate surface area is 151 Å². The molecule has 0 bridgehead atoms. The molecule has 142 valence electrons. The number of nitrogens with zero attached hydrogens (tertiary/aromatic N) is 2. The molecule has 0 saturated carbocycles. The predicted molar refractivity (Wildman–Crippen MR) is 84.5 cm³/mol. The molecular formula is C18H13F5N2O2. The summed E-state index contributed by atoms with van der Waals surface area (Å²) >= 11 is 0. The van der Waals surface area contributed by atoms with E-state index >= 15 is 0 Å². The minimum atomic E-state index is -4.65. The van der Waals surface area contributed by atoms with Gasteiger partial charge in [-0.2, -0.15) is 18.4 Å².